The highest BCUT2D eigenvalue weighted by molar-refractivity contribution is 7.91. The lowest BCUT2D eigenvalue weighted by Gasteiger charge is -2.18. The van der Waals surface area contributed by atoms with E-state index in [1.807, 2.05) is 0 Å². The van der Waals surface area contributed by atoms with E-state index in [2.05, 4.69) is 0 Å². The van der Waals surface area contributed by atoms with E-state index in [4.69, 9.17) is 9.52 Å². The molecule has 0 amide bonds. The van der Waals surface area contributed by atoms with Gasteiger partial charge in [-0.3, -0.25) is 0 Å². The Bertz CT molecular complexity index is 687. The fourth-order valence-corrected chi connectivity index (χ4v) is 4.36. The summed E-state index contributed by atoms with van der Waals surface area (Å²) >= 11 is 0.744. The first-order chi connectivity index (χ1) is 9.45. The third-order valence-corrected chi connectivity index (χ3v) is 6.11. The molecule has 108 valence electrons. The third-order valence-electron chi connectivity index (χ3n) is 2.65. The first kappa shape index (κ1) is 14.8. The van der Waals surface area contributed by atoms with Crippen molar-refractivity contribution in [3.63, 3.8) is 0 Å². The van der Waals surface area contributed by atoms with Crippen molar-refractivity contribution in [2.24, 2.45) is 0 Å². The molecule has 0 spiro atoms. The van der Waals surface area contributed by atoms with Crippen LogP contribution in [0.5, 0.6) is 0 Å². The van der Waals surface area contributed by atoms with Gasteiger partial charge in [0.05, 0.1) is 12.8 Å². The van der Waals surface area contributed by atoms with E-state index >= 15 is 0 Å². The van der Waals surface area contributed by atoms with Gasteiger partial charge in [0, 0.05) is 6.54 Å². The first-order valence-corrected chi connectivity index (χ1v) is 8.06. The SMILES string of the molecule is CCN(Cc1ccco1)S(=O)(=O)c1ccc(C(=O)O)s1. The predicted molar refractivity (Wildman–Crippen MR) is 73.3 cm³/mol. The molecule has 0 atom stereocenters. The minimum Gasteiger partial charge on any atom is -0.477 e. The van der Waals surface area contributed by atoms with Gasteiger partial charge in [-0.2, -0.15) is 4.31 Å². The van der Waals surface area contributed by atoms with Gasteiger partial charge in [0.2, 0.25) is 0 Å². The Morgan fingerprint density at radius 1 is 1.40 bits per heavy atom. The number of furan rings is 1. The molecule has 0 saturated carbocycles. The van der Waals surface area contributed by atoms with Crippen LogP contribution in [-0.4, -0.2) is 30.3 Å². The molecule has 0 fully saturated rings. The molecule has 2 aromatic rings. The van der Waals surface area contributed by atoms with Crippen molar-refractivity contribution in [3.05, 3.63) is 41.2 Å². The second-order valence-electron chi connectivity index (χ2n) is 3.93. The van der Waals surface area contributed by atoms with Crippen LogP contribution < -0.4 is 0 Å². The summed E-state index contributed by atoms with van der Waals surface area (Å²) in [5, 5.41) is 8.85. The second kappa shape index (κ2) is 5.78. The van der Waals surface area contributed by atoms with Crippen LogP contribution in [0.25, 0.3) is 0 Å². The van der Waals surface area contributed by atoms with E-state index in [1.165, 1.54) is 22.7 Å². The highest BCUT2D eigenvalue weighted by Gasteiger charge is 2.26. The molecule has 2 aromatic heterocycles. The monoisotopic (exact) mass is 315 g/mol. The fraction of sp³-hybridized carbons (Fsp3) is 0.250. The van der Waals surface area contributed by atoms with Gasteiger partial charge < -0.3 is 9.52 Å². The summed E-state index contributed by atoms with van der Waals surface area (Å²) in [4.78, 5) is 10.8. The maximum absolute atomic E-state index is 12.4. The Balaban J connectivity index is 2.28. The maximum atomic E-state index is 12.4. The van der Waals surface area contributed by atoms with Crippen molar-refractivity contribution < 1.29 is 22.7 Å². The molecule has 0 aliphatic carbocycles. The van der Waals surface area contributed by atoms with Crippen molar-refractivity contribution in [1.29, 1.82) is 0 Å². The molecular weight excluding hydrogens is 302 g/mol. The predicted octanol–water partition coefficient (Wildman–Crippen LogP) is 2.25. The minimum absolute atomic E-state index is 0.00220. The van der Waals surface area contributed by atoms with Crippen LogP contribution in [0.4, 0.5) is 0 Å². The number of hydrogen-bond donors (Lipinski definition) is 1. The van der Waals surface area contributed by atoms with Crippen LogP contribution in [0.15, 0.2) is 39.2 Å². The van der Waals surface area contributed by atoms with Gasteiger partial charge in [0.15, 0.2) is 0 Å². The van der Waals surface area contributed by atoms with Gasteiger partial charge in [0.1, 0.15) is 14.8 Å². The molecule has 6 nitrogen and oxygen atoms in total. The van der Waals surface area contributed by atoms with E-state index in [0.717, 1.165) is 11.3 Å². The molecule has 2 rings (SSSR count). The lowest BCUT2D eigenvalue weighted by Crippen LogP contribution is -2.29. The number of aromatic carboxylic acids is 1. The van der Waals surface area contributed by atoms with Crippen molar-refractivity contribution in [2.75, 3.05) is 6.54 Å². The smallest absolute Gasteiger partial charge is 0.345 e. The van der Waals surface area contributed by atoms with Gasteiger partial charge in [-0.15, -0.1) is 11.3 Å². The lowest BCUT2D eigenvalue weighted by atomic mass is 10.4. The van der Waals surface area contributed by atoms with Gasteiger partial charge >= 0.3 is 5.97 Å². The van der Waals surface area contributed by atoms with Crippen LogP contribution in [-0.2, 0) is 16.6 Å². The zero-order valence-corrected chi connectivity index (χ0v) is 12.3. The molecule has 0 saturated heterocycles. The molecule has 0 aromatic carbocycles. The molecular formula is C12H13NO5S2. The van der Waals surface area contributed by atoms with Gasteiger partial charge in [0.25, 0.3) is 10.0 Å². The van der Waals surface area contributed by atoms with Crippen molar-refractivity contribution in [2.45, 2.75) is 17.7 Å². The molecule has 0 unspecified atom stereocenters. The average Bonchev–Trinajstić information content (AvgIpc) is 3.06. The summed E-state index contributed by atoms with van der Waals surface area (Å²) in [6, 6.07) is 5.98. The third kappa shape index (κ3) is 2.92. The van der Waals surface area contributed by atoms with Crippen LogP contribution >= 0.6 is 11.3 Å². The Kier molecular flexibility index (Phi) is 4.26. The minimum atomic E-state index is -3.71. The molecule has 20 heavy (non-hydrogen) atoms. The lowest BCUT2D eigenvalue weighted by molar-refractivity contribution is 0.0702. The zero-order valence-electron chi connectivity index (χ0n) is 10.6. The molecule has 0 aliphatic rings. The first-order valence-electron chi connectivity index (χ1n) is 5.80. The number of nitrogens with zero attached hydrogens (tertiary/aromatic N) is 1. The maximum Gasteiger partial charge on any atom is 0.345 e. The highest BCUT2D eigenvalue weighted by Crippen LogP contribution is 2.26. The summed E-state index contributed by atoms with van der Waals surface area (Å²) in [5.41, 5.74) is 0. The highest BCUT2D eigenvalue weighted by atomic mass is 32.2. The summed E-state index contributed by atoms with van der Waals surface area (Å²) in [6.07, 6.45) is 1.48. The Morgan fingerprint density at radius 2 is 2.15 bits per heavy atom. The number of carboxylic acid groups (broad SMARTS) is 1. The van der Waals surface area contributed by atoms with Gasteiger partial charge in [-0.25, -0.2) is 13.2 Å². The van der Waals surface area contributed by atoms with E-state index in [9.17, 15) is 13.2 Å². The standard InChI is InChI=1S/C12H13NO5S2/c1-2-13(8-9-4-3-7-18-9)20(16,17)11-6-5-10(19-11)12(14)15/h3-7H,2,8H2,1H3,(H,14,15). The molecule has 8 heteroatoms. The summed E-state index contributed by atoms with van der Waals surface area (Å²) in [6.45, 7) is 2.10. The molecule has 0 aliphatic heterocycles. The van der Waals surface area contributed by atoms with E-state index in [-0.39, 0.29) is 22.2 Å². The molecule has 1 N–H and O–H groups in total. The van der Waals surface area contributed by atoms with Gasteiger partial charge in [-0.05, 0) is 24.3 Å². The Morgan fingerprint density at radius 3 is 2.65 bits per heavy atom. The van der Waals surface area contributed by atoms with E-state index in [1.54, 1.807) is 19.1 Å². The number of thiophene rings is 1. The van der Waals surface area contributed by atoms with Crippen molar-refractivity contribution in [3.8, 4) is 0 Å². The largest absolute Gasteiger partial charge is 0.477 e. The van der Waals surface area contributed by atoms with Crippen molar-refractivity contribution in [1.82, 2.24) is 4.31 Å². The molecule has 0 radical (unpaired) electrons. The Hall–Kier alpha value is -1.64. The van der Waals surface area contributed by atoms with Gasteiger partial charge in [-0.1, -0.05) is 6.92 Å². The van der Waals surface area contributed by atoms with Crippen LogP contribution in [0, 0.1) is 0 Å². The number of sulfonamides is 1. The van der Waals surface area contributed by atoms with Crippen molar-refractivity contribution >= 4 is 27.3 Å². The summed E-state index contributed by atoms with van der Waals surface area (Å²) in [7, 11) is -3.71. The molecule has 0 bridgehead atoms. The van der Waals surface area contributed by atoms with Crippen LogP contribution in [0.2, 0.25) is 0 Å². The van der Waals surface area contributed by atoms with Crippen LogP contribution in [0.3, 0.4) is 0 Å². The number of carbonyl (C=O) groups is 1. The fourth-order valence-electron chi connectivity index (χ4n) is 1.64. The summed E-state index contributed by atoms with van der Waals surface area (Å²) in [5.74, 6) is -0.601. The number of hydrogen-bond acceptors (Lipinski definition) is 5. The topological polar surface area (TPSA) is 87.8 Å². The van der Waals surface area contributed by atoms with E-state index in [0.29, 0.717) is 5.76 Å². The number of carboxylic acids is 1. The summed E-state index contributed by atoms with van der Waals surface area (Å²) < 4.78 is 31.3. The normalized spacial score (nSPS) is 11.9. The average molecular weight is 315 g/mol. The second-order valence-corrected chi connectivity index (χ2v) is 7.18. The number of rotatable bonds is 6. The Labute approximate surface area is 120 Å². The molecule has 2 heterocycles. The quantitative estimate of drug-likeness (QED) is 0.883. The van der Waals surface area contributed by atoms with Crippen LogP contribution in [0.1, 0.15) is 22.4 Å². The zero-order chi connectivity index (χ0) is 14.8. The van der Waals surface area contributed by atoms with E-state index < -0.39 is 16.0 Å².